The first-order valence-corrected chi connectivity index (χ1v) is 10.8. The summed E-state index contributed by atoms with van der Waals surface area (Å²) in [5.74, 6) is 0.575. The molecule has 0 radical (unpaired) electrons. The number of hydrogen-bond acceptors (Lipinski definition) is 5. The summed E-state index contributed by atoms with van der Waals surface area (Å²) in [6, 6.07) is 11.4. The highest BCUT2D eigenvalue weighted by molar-refractivity contribution is 6.34. The molecule has 1 saturated carbocycles. The van der Waals surface area contributed by atoms with Gasteiger partial charge in [0.2, 0.25) is 0 Å². The molecule has 0 aliphatic heterocycles. The number of hydrogen-bond donors (Lipinski definition) is 3. The van der Waals surface area contributed by atoms with E-state index in [0.717, 1.165) is 53.7 Å². The van der Waals surface area contributed by atoms with Gasteiger partial charge in [-0.15, -0.1) is 0 Å². The van der Waals surface area contributed by atoms with E-state index in [1.807, 2.05) is 30.3 Å². The molecule has 1 fully saturated rings. The topological polar surface area (TPSA) is 97.3 Å². The molecule has 0 bridgehead atoms. The third-order valence-electron chi connectivity index (χ3n) is 5.41. The van der Waals surface area contributed by atoms with Gasteiger partial charge in [0.25, 0.3) is 5.91 Å². The molecule has 1 amide bonds. The lowest BCUT2D eigenvalue weighted by atomic mass is 10.1. The molecule has 2 aromatic heterocycles. The van der Waals surface area contributed by atoms with Gasteiger partial charge in [0.05, 0.1) is 33.5 Å². The van der Waals surface area contributed by atoms with Crippen molar-refractivity contribution in [1.29, 1.82) is 0 Å². The van der Waals surface area contributed by atoms with Crippen molar-refractivity contribution in [2.45, 2.75) is 32.2 Å². The number of anilines is 2. The molecule has 1 aliphatic rings. The summed E-state index contributed by atoms with van der Waals surface area (Å²) in [4.78, 5) is 21.8. The Kier molecular flexibility index (Phi) is 4.90. The zero-order valence-corrected chi connectivity index (χ0v) is 17.9. The first-order chi connectivity index (χ1) is 15.0. The Bertz CT molecular complexity index is 1310. The Balaban J connectivity index is 1.64. The Hall–Kier alpha value is -3.32. The lowest BCUT2D eigenvalue weighted by Gasteiger charge is -2.12. The molecule has 7 nitrogen and oxygen atoms in total. The summed E-state index contributed by atoms with van der Waals surface area (Å²) in [7, 11) is 0. The molecule has 158 valence electrons. The maximum Gasteiger partial charge on any atom is 0.253 e. The Morgan fingerprint density at radius 1 is 1.26 bits per heavy atom. The van der Waals surface area contributed by atoms with Crippen molar-refractivity contribution in [3.8, 4) is 11.3 Å². The lowest BCUT2D eigenvalue weighted by molar-refractivity contribution is 0.0951. The fraction of sp³-hybridized carbons (Fsp3) is 0.261. The van der Waals surface area contributed by atoms with Gasteiger partial charge < -0.3 is 16.4 Å². The Morgan fingerprint density at radius 2 is 2.10 bits per heavy atom. The molecule has 4 aromatic rings. The molecule has 0 saturated heterocycles. The number of fused-ring (bicyclic) bond motifs is 3. The van der Waals surface area contributed by atoms with Crippen molar-refractivity contribution in [3.05, 3.63) is 53.2 Å². The number of carbonyl (C=O) groups is 1. The van der Waals surface area contributed by atoms with Crippen molar-refractivity contribution >= 4 is 45.7 Å². The van der Waals surface area contributed by atoms with E-state index < -0.39 is 0 Å². The number of nitrogens with zero attached hydrogens (tertiary/aromatic N) is 3. The van der Waals surface area contributed by atoms with Gasteiger partial charge in [0, 0.05) is 23.8 Å². The van der Waals surface area contributed by atoms with Crippen LogP contribution in [0.2, 0.25) is 5.02 Å². The van der Waals surface area contributed by atoms with Crippen molar-refractivity contribution in [2.75, 3.05) is 17.6 Å². The molecule has 4 N–H and O–H groups in total. The normalized spacial score (nSPS) is 13.6. The highest BCUT2D eigenvalue weighted by atomic mass is 35.5. The first kappa shape index (κ1) is 19.6. The van der Waals surface area contributed by atoms with Crippen LogP contribution in [0.4, 0.5) is 11.5 Å². The molecule has 0 spiro atoms. The largest absolute Gasteiger partial charge is 0.399 e. The molecule has 8 heteroatoms. The molecule has 2 aromatic carbocycles. The predicted molar refractivity (Wildman–Crippen MR) is 125 cm³/mol. The monoisotopic (exact) mass is 434 g/mol. The fourth-order valence-corrected chi connectivity index (χ4v) is 3.93. The van der Waals surface area contributed by atoms with E-state index in [1.165, 1.54) is 0 Å². The van der Waals surface area contributed by atoms with E-state index in [4.69, 9.17) is 22.3 Å². The van der Waals surface area contributed by atoms with E-state index in [1.54, 1.807) is 12.3 Å². The second-order valence-electron chi connectivity index (χ2n) is 7.88. The minimum atomic E-state index is -0.131. The number of amides is 1. The zero-order chi connectivity index (χ0) is 21.5. The summed E-state index contributed by atoms with van der Waals surface area (Å²) in [5, 5.41) is 6.76. The van der Waals surface area contributed by atoms with Crippen LogP contribution in [0.25, 0.3) is 27.9 Å². The fourth-order valence-electron chi connectivity index (χ4n) is 3.67. The molecule has 1 aliphatic carbocycles. The van der Waals surface area contributed by atoms with Crippen LogP contribution in [0.15, 0.2) is 42.6 Å². The van der Waals surface area contributed by atoms with E-state index in [0.29, 0.717) is 22.1 Å². The van der Waals surface area contributed by atoms with Gasteiger partial charge in [-0.05, 0) is 49.6 Å². The first-order valence-electron chi connectivity index (χ1n) is 10.5. The summed E-state index contributed by atoms with van der Waals surface area (Å²) < 4.78 is 2.05. The smallest absolute Gasteiger partial charge is 0.253 e. The quantitative estimate of drug-likeness (QED) is 0.388. The molecule has 31 heavy (non-hydrogen) atoms. The third-order valence-corrected chi connectivity index (χ3v) is 5.72. The van der Waals surface area contributed by atoms with Crippen molar-refractivity contribution < 1.29 is 4.79 Å². The lowest BCUT2D eigenvalue weighted by Crippen LogP contribution is -2.25. The van der Waals surface area contributed by atoms with Crippen LogP contribution in [0.5, 0.6) is 0 Å². The van der Waals surface area contributed by atoms with Crippen LogP contribution >= 0.6 is 11.6 Å². The van der Waals surface area contributed by atoms with Crippen LogP contribution in [-0.4, -0.2) is 32.9 Å². The molecule has 5 rings (SSSR count). The molecular weight excluding hydrogens is 412 g/mol. The number of nitrogens with one attached hydrogen (secondary N) is 2. The van der Waals surface area contributed by atoms with Gasteiger partial charge in [-0.25, -0.2) is 9.97 Å². The summed E-state index contributed by atoms with van der Waals surface area (Å²) in [5.41, 5.74) is 11.3. The SMILES string of the molecule is CCCNc1nc2cc(N)ccc2n2c(-c3ccc(C(=O)NC4CC4)c(Cl)c3)cnc12. The van der Waals surface area contributed by atoms with Gasteiger partial charge in [0.1, 0.15) is 0 Å². The van der Waals surface area contributed by atoms with E-state index in [2.05, 4.69) is 26.9 Å². The zero-order valence-electron chi connectivity index (χ0n) is 17.2. The van der Waals surface area contributed by atoms with Gasteiger partial charge in [-0.1, -0.05) is 24.6 Å². The average Bonchev–Trinajstić information content (AvgIpc) is 3.45. The van der Waals surface area contributed by atoms with Crippen LogP contribution in [0, 0.1) is 0 Å². The molecule has 0 unspecified atom stereocenters. The Morgan fingerprint density at radius 3 is 2.84 bits per heavy atom. The summed E-state index contributed by atoms with van der Waals surface area (Å²) in [6.07, 6.45) is 4.84. The second kappa shape index (κ2) is 7.74. The predicted octanol–water partition coefficient (Wildman–Crippen LogP) is 4.50. The summed E-state index contributed by atoms with van der Waals surface area (Å²) in [6.45, 7) is 2.89. The molecule has 2 heterocycles. The van der Waals surface area contributed by atoms with Crippen LogP contribution < -0.4 is 16.4 Å². The van der Waals surface area contributed by atoms with Crippen LogP contribution in [-0.2, 0) is 0 Å². The Labute approximate surface area is 184 Å². The molecule has 0 atom stereocenters. The van der Waals surface area contributed by atoms with Crippen molar-refractivity contribution in [2.24, 2.45) is 0 Å². The van der Waals surface area contributed by atoms with Gasteiger partial charge in [-0.3, -0.25) is 9.20 Å². The highest BCUT2D eigenvalue weighted by Crippen LogP contribution is 2.31. The number of carbonyl (C=O) groups excluding carboxylic acids is 1. The highest BCUT2D eigenvalue weighted by Gasteiger charge is 2.25. The minimum absolute atomic E-state index is 0.131. The van der Waals surface area contributed by atoms with Gasteiger partial charge >= 0.3 is 0 Å². The maximum absolute atomic E-state index is 12.4. The maximum atomic E-state index is 12.4. The van der Waals surface area contributed by atoms with Gasteiger partial charge in [-0.2, -0.15) is 0 Å². The number of aromatic nitrogens is 3. The van der Waals surface area contributed by atoms with E-state index >= 15 is 0 Å². The number of rotatable bonds is 6. The van der Waals surface area contributed by atoms with Crippen LogP contribution in [0.1, 0.15) is 36.5 Å². The van der Waals surface area contributed by atoms with Crippen molar-refractivity contribution in [1.82, 2.24) is 19.7 Å². The third kappa shape index (κ3) is 3.65. The second-order valence-corrected chi connectivity index (χ2v) is 8.29. The number of benzene rings is 2. The number of halogens is 1. The summed E-state index contributed by atoms with van der Waals surface area (Å²) >= 11 is 6.50. The van der Waals surface area contributed by atoms with Crippen LogP contribution in [0.3, 0.4) is 0 Å². The van der Waals surface area contributed by atoms with Gasteiger partial charge in [0.15, 0.2) is 11.5 Å². The number of nitrogen functional groups attached to an aromatic ring is 1. The minimum Gasteiger partial charge on any atom is -0.399 e. The van der Waals surface area contributed by atoms with E-state index in [-0.39, 0.29) is 11.9 Å². The van der Waals surface area contributed by atoms with Crippen molar-refractivity contribution in [3.63, 3.8) is 0 Å². The van der Waals surface area contributed by atoms with E-state index in [9.17, 15) is 4.79 Å². The number of nitrogens with two attached hydrogens (primary N) is 1. The molecular formula is C23H23ClN6O. The average molecular weight is 435 g/mol. The number of imidazole rings is 1. The standard InChI is InChI=1S/C23H23ClN6O/c1-2-9-26-21-22-27-12-20(30(22)19-8-4-14(25)11-18(19)29-21)13-3-7-16(17(24)10-13)23(31)28-15-5-6-15/h3-4,7-8,10-12,15H,2,5-6,9,25H2,1H3,(H,26,29)(H,28,31).